The summed E-state index contributed by atoms with van der Waals surface area (Å²) in [4.78, 5) is 15.9. The lowest BCUT2D eigenvalue weighted by molar-refractivity contribution is -0.115. The largest absolute Gasteiger partial charge is 0.387 e. The lowest BCUT2D eigenvalue weighted by atomic mass is 9.66. The second-order valence-corrected chi connectivity index (χ2v) is 6.51. The van der Waals surface area contributed by atoms with Crippen LogP contribution in [0.2, 0.25) is 5.15 Å². The van der Waals surface area contributed by atoms with Crippen molar-refractivity contribution in [3.63, 3.8) is 0 Å². The molecule has 6 heteroatoms. The van der Waals surface area contributed by atoms with E-state index < -0.39 is 5.60 Å². The fraction of sp³-hybridized carbons (Fsp3) is 0.714. The van der Waals surface area contributed by atoms with Crippen LogP contribution in [-0.2, 0) is 6.54 Å². The van der Waals surface area contributed by atoms with Crippen molar-refractivity contribution in [2.75, 3.05) is 13.1 Å². The van der Waals surface area contributed by atoms with Crippen molar-refractivity contribution in [3.05, 3.63) is 27.9 Å². The quantitative estimate of drug-likeness (QED) is 0.805. The molecule has 5 nitrogen and oxygen atoms in total. The predicted molar refractivity (Wildman–Crippen MR) is 76.8 cm³/mol. The SMILES string of the molecule is O=c1cc(Cl)ncn1CC1(O)CCNCC12CCCC2. The summed E-state index contributed by atoms with van der Waals surface area (Å²) in [7, 11) is 0. The normalized spacial score (nSPS) is 28.9. The topological polar surface area (TPSA) is 67.2 Å². The van der Waals surface area contributed by atoms with Gasteiger partial charge in [-0.25, -0.2) is 4.98 Å². The maximum absolute atomic E-state index is 12.0. The van der Waals surface area contributed by atoms with Crippen molar-refractivity contribution in [2.45, 2.75) is 44.2 Å². The van der Waals surface area contributed by atoms with Gasteiger partial charge in [-0.05, 0) is 25.8 Å². The summed E-state index contributed by atoms with van der Waals surface area (Å²) in [6, 6.07) is 1.30. The van der Waals surface area contributed by atoms with E-state index in [-0.39, 0.29) is 16.1 Å². The Morgan fingerprint density at radius 3 is 2.85 bits per heavy atom. The summed E-state index contributed by atoms with van der Waals surface area (Å²) in [5, 5.41) is 14.8. The van der Waals surface area contributed by atoms with Crippen LogP contribution in [-0.4, -0.2) is 33.3 Å². The standard InChI is InChI=1S/C14H20ClN3O2/c15-11-7-12(19)18(10-17-11)9-14(20)5-6-16-8-13(14)3-1-2-4-13/h7,10,16,20H,1-6,8-9H2. The molecule has 1 aromatic heterocycles. The van der Waals surface area contributed by atoms with Crippen LogP contribution in [0, 0.1) is 5.41 Å². The van der Waals surface area contributed by atoms with E-state index in [2.05, 4.69) is 10.3 Å². The molecule has 110 valence electrons. The Morgan fingerprint density at radius 1 is 1.40 bits per heavy atom. The Morgan fingerprint density at radius 2 is 2.15 bits per heavy atom. The molecule has 1 saturated heterocycles. The first-order valence-electron chi connectivity index (χ1n) is 7.20. The van der Waals surface area contributed by atoms with Crippen molar-refractivity contribution in [3.8, 4) is 0 Å². The van der Waals surface area contributed by atoms with E-state index in [0.29, 0.717) is 13.0 Å². The number of aromatic nitrogens is 2. The molecular weight excluding hydrogens is 278 g/mol. The highest BCUT2D eigenvalue weighted by atomic mass is 35.5. The molecule has 2 aliphatic rings. The molecule has 1 aliphatic heterocycles. The van der Waals surface area contributed by atoms with Crippen LogP contribution < -0.4 is 10.9 Å². The third-order valence-electron chi connectivity index (χ3n) is 5.00. The van der Waals surface area contributed by atoms with Crippen LogP contribution in [0.1, 0.15) is 32.1 Å². The first-order valence-corrected chi connectivity index (χ1v) is 7.58. The number of rotatable bonds is 2. The van der Waals surface area contributed by atoms with Gasteiger partial charge in [-0.3, -0.25) is 9.36 Å². The van der Waals surface area contributed by atoms with Crippen LogP contribution in [0.3, 0.4) is 0 Å². The van der Waals surface area contributed by atoms with Crippen molar-refractivity contribution >= 4 is 11.6 Å². The zero-order valence-electron chi connectivity index (χ0n) is 11.4. The number of nitrogens with zero attached hydrogens (tertiary/aromatic N) is 2. The zero-order valence-corrected chi connectivity index (χ0v) is 12.2. The van der Waals surface area contributed by atoms with Crippen molar-refractivity contribution in [1.29, 1.82) is 0 Å². The van der Waals surface area contributed by atoms with Gasteiger partial charge >= 0.3 is 0 Å². The third kappa shape index (κ3) is 2.28. The molecule has 2 fully saturated rings. The van der Waals surface area contributed by atoms with Gasteiger partial charge in [0.1, 0.15) is 5.15 Å². The molecule has 0 amide bonds. The Bertz CT molecular complexity index is 554. The molecule has 1 atom stereocenters. The Balaban J connectivity index is 1.91. The first-order chi connectivity index (χ1) is 9.55. The van der Waals surface area contributed by atoms with E-state index in [1.165, 1.54) is 17.0 Å². The van der Waals surface area contributed by atoms with Gasteiger partial charge in [-0.2, -0.15) is 0 Å². The molecule has 20 heavy (non-hydrogen) atoms. The van der Waals surface area contributed by atoms with E-state index in [0.717, 1.165) is 38.8 Å². The highest BCUT2D eigenvalue weighted by Gasteiger charge is 2.53. The van der Waals surface area contributed by atoms with Crippen molar-refractivity contribution in [2.24, 2.45) is 5.41 Å². The smallest absolute Gasteiger partial charge is 0.254 e. The molecule has 0 bridgehead atoms. The maximum Gasteiger partial charge on any atom is 0.254 e. The van der Waals surface area contributed by atoms with Gasteiger partial charge in [0.05, 0.1) is 18.5 Å². The van der Waals surface area contributed by atoms with Crippen LogP contribution in [0.5, 0.6) is 0 Å². The van der Waals surface area contributed by atoms with Crippen LogP contribution in [0.15, 0.2) is 17.2 Å². The second kappa shape index (κ2) is 5.13. The van der Waals surface area contributed by atoms with Crippen molar-refractivity contribution < 1.29 is 5.11 Å². The molecule has 1 unspecified atom stereocenters. The monoisotopic (exact) mass is 297 g/mol. The first kappa shape index (κ1) is 14.0. The molecule has 1 aromatic rings. The Hall–Kier alpha value is -0.910. The number of hydrogen-bond acceptors (Lipinski definition) is 4. The molecular formula is C14H20ClN3O2. The lowest BCUT2D eigenvalue weighted by Crippen LogP contribution is -2.60. The zero-order chi connectivity index (χ0) is 14.2. The van der Waals surface area contributed by atoms with E-state index in [1.54, 1.807) is 0 Å². The molecule has 1 saturated carbocycles. The summed E-state index contributed by atoms with van der Waals surface area (Å²) >= 11 is 5.72. The number of nitrogens with one attached hydrogen (secondary N) is 1. The summed E-state index contributed by atoms with van der Waals surface area (Å²) < 4.78 is 1.48. The molecule has 0 radical (unpaired) electrons. The number of halogens is 1. The fourth-order valence-corrected chi connectivity index (χ4v) is 3.93. The van der Waals surface area contributed by atoms with Gasteiger partial charge in [-0.15, -0.1) is 0 Å². The van der Waals surface area contributed by atoms with E-state index >= 15 is 0 Å². The van der Waals surface area contributed by atoms with Gasteiger partial charge in [0, 0.05) is 18.0 Å². The minimum Gasteiger partial charge on any atom is -0.387 e. The highest BCUT2D eigenvalue weighted by molar-refractivity contribution is 6.29. The Kier molecular flexibility index (Phi) is 3.60. The van der Waals surface area contributed by atoms with E-state index in [4.69, 9.17) is 11.6 Å². The number of hydrogen-bond donors (Lipinski definition) is 2. The van der Waals surface area contributed by atoms with Crippen molar-refractivity contribution in [1.82, 2.24) is 14.9 Å². The summed E-state index contributed by atoms with van der Waals surface area (Å²) in [5.41, 5.74) is -1.15. The molecule has 1 aliphatic carbocycles. The van der Waals surface area contributed by atoms with Gasteiger partial charge in [-0.1, -0.05) is 24.4 Å². The second-order valence-electron chi connectivity index (χ2n) is 6.12. The van der Waals surface area contributed by atoms with Crippen LogP contribution in [0.4, 0.5) is 0 Å². The lowest BCUT2D eigenvalue weighted by Gasteiger charge is -2.49. The van der Waals surface area contributed by atoms with Crippen LogP contribution >= 0.6 is 11.6 Å². The summed E-state index contributed by atoms with van der Waals surface area (Å²) in [5.74, 6) is 0. The van der Waals surface area contributed by atoms with Gasteiger partial charge < -0.3 is 10.4 Å². The predicted octanol–water partition coefficient (Wildman–Crippen LogP) is 1.18. The molecule has 2 heterocycles. The minimum absolute atomic E-state index is 0.107. The fourth-order valence-electron chi connectivity index (χ4n) is 3.80. The van der Waals surface area contributed by atoms with E-state index in [1.807, 2.05) is 0 Å². The van der Waals surface area contributed by atoms with Gasteiger partial charge in [0.2, 0.25) is 0 Å². The number of aliphatic hydroxyl groups is 1. The molecule has 2 N–H and O–H groups in total. The Labute approximate surface area is 123 Å². The van der Waals surface area contributed by atoms with Crippen LogP contribution in [0.25, 0.3) is 0 Å². The third-order valence-corrected chi connectivity index (χ3v) is 5.21. The number of piperidine rings is 1. The molecule has 1 spiro atoms. The minimum atomic E-state index is -0.839. The van der Waals surface area contributed by atoms with E-state index in [9.17, 15) is 9.90 Å². The average molecular weight is 298 g/mol. The molecule has 0 aromatic carbocycles. The van der Waals surface area contributed by atoms with Gasteiger partial charge in [0.15, 0.2) is 0 Å². The molecule has 3 rings (SSSR count). The maximum atomic E-state index is 12.0. The van der Waals surface area contributed by atoms with Gasteiger partial charge in [0.25, 0.3) is 5.56 Å². The highest BCUT2D eigenvalue weighted by Crippen LogP contribution is 2.49. The summed E-state index contributed by atoms with van der Waals surface area (Å²) in [6.45, 7) is 1.92. The summed E-state index contributed by atoms with van der Waals surface area (Å²) in [6.07, 6.45) is 6.45. The average Bonchev–Trinajstić information content (AvgIpc) is 2.87.